The van der Waals surface area contributed by atoms with Gasteiger partial charge in [0.25, 0.3) is 0 Å². The number of likely N-dealkylation sites (N-methyl/N-ethyl adjacent to an activating group) is 4. The van der Waals surface area contributed by atoms with Crippen molar-refractivity contribution in [2.75, 3.05) is 91.4 Å². The zero-order valence-electron chi connectivity index (χ0n) is 67.1. The number of halogens is 2. The molecule has 0 aliphatic carbocycles. The number of ketones is 2. The maximum Gasteiger partial charge on any atom is 0.321 e. The number of amides is 6. The lowest BCUT2D eigenvalue weighted by molar-refractivity contribution is -0.130. The van der Waals surface area contributed by atoms with Crippen LogP contribution in [0.2, 0.25) is 0 Å². The molecule has 8 rings (SSSR count). The fraction of sp³-hybridized carbons (Fsp3) is 0.356. The Kier molecular flexibility index (Phi) is 34.5. The number of carbonyl (C=O) groups is 6. The van der Waals surface area contributed by atoms with Crippen molar-refractivity contribution in [1.29, 1.82) is 0 Å². The van der Waals surface area contributed by atoms with E-state index in [2.05, 4.69) is 70.5 Å². The van der Waals surface area contributed by atoms with Gasteiger partial charge in [-0.1, -0.05) is 205 Å². The van der Waals surface area contributed by atoms with Crippen LogP contribution in [0.1, 0.15) is 168 Å². The number of Topliss-reactive ketones (excluding diaryl/α,β-unsaturated/α-hetero) is 2. The Morgan fingerprint density at radius 2 is 0.755 bits per heavy atom. The average molecular weight is 1510 g/mol. The number of ether oxygens (including phenoxy) is 4. The molecular formula is C90H112F2N6O12. The molecule has 18 nitrogen and oxygen atoms in total. The van der Waals surface area contributed by atoms with Crippen LogP contribution in [0.5, 0.6) is 23.0 Å². The van der Waals surface area contributed by atoms with Gasteiger partial charge in [-0.05, 0) is 124 Å². The van der Waals surface area contributed by atoms with E-state index in [0.717, 1.165) is 44.9 Å². The summed E-state index contributed by atoms with van der Waals surface area (Å²) in [5, 5.41) is 24.9. The van der Waals surface area contributed by atoms with E-state index in [1.54, 1.807) is 118 Å². The van der Waals surface area contributed by atoms with Crippen molar-refractivity contribution in [2.24, 2.45) is 0 Å². The summed E-state index contributed by atoms with van der Waals surface area (Å²) in [6.45, 7) is 36.0. The predicted octanol–water partition coefficient (Wildman–Crippen LogP) is 19.1. The second kappa shape index (κ2) is 42.5. The summed E-state index contributed by atoms with van der Waals surface area (Å²) in [6, 6.07) is 52.5. The van der Waals surface area contributed by atoms with Crippen LogP contribution in [0.25, 0.3) is 11.5 Å². The van der Waals surface area contributed by atoms with Gasteiger partial charge in [0.05, 0.1) is 50.4 Å². The van der Waals surface area contributed by atoms with Gasteiger partial charge >= 0.3 is 12.1 Å². The molecule has 588 valence electrons. The molecule has 0 atom stereocenters. The molecule has 0 heterocycles. The lowest BCUT2D eigenvalue weighted by Crippen LogP contribution is -2.35. The molecule has 0 saturated heterocycles. The van der Waals surface area contributed by atoms with E-state index >= 15 is 0 Å². The first-order chi connectivity index (χ1) is 51.8. The van der Waals surface area contributed by atoms with E-state index < -0.39 is 0 Å². The summed E-state index contributed by atoms with van der Waals surface area (Å²) < 4.78 is 50.7. The fourth-order valence-corrected chi connectivity index (χ4v) is 11.2. The molecule has 4 N–H and O–H groups in total. The van der Waals surface area contributed by atoms with Crippen molar-refractivity contribution >= 4 is 58.3 Å². The lowest BCUT2D eigenvalue weighted by atomic mass is 9.86. The molecule has 6 amide bonds. The Bertz CT molecular complexity index is 4420. The SMILES string of the molecule is C=C(O)c1ccccc1CC(=O)N(C)CCOc1ccccc1C(C)(C)C.C=C(O)c1ccccc1CC(=O)N(C)CCOc1ccccc1C(C)C.CC(=O)c1ccccc1NC(=O)N(C)CCOc1ccc(F)cc1C(C)(C)C.CCC(=O)c1ccccc1NC(=O)N(C)CCOc1ccc(F)cc1C(C)(C)C. The number of carbonyl (C=O) groups excluding carboxylic acids is 6. The summed E-state index contributed by atoms with van der Waals surface area (Å²) in [7, 11) is 6.82. The molecule has 0 aliphatic heterocycles. The second-order valence-electron chi connectivity index (χ2n) is 29.9. The number of anilines is 2. The van der Waals surface area contributed by atoms with Crippen molar-refractivity contribution in [3.63, 3.8) is 0 Å². The molecule has 0 saturated carbocycles. The molecule has 0 unspecified atom stereocenters. The molecule has 8 aromatic carbocycles. The highest BCUT2D eigenvalue weighted by atomic mass is 19.1. The summed E-state index contributed by atoms with van der Waals surface area (Å²) >= 11 is 0. The van der Waals surface area contributed by atoms with E-state index in [4.69, 9.17) is 18.9 Å². The van der Waals surface area contributed by atoms with E-state index in [1.807, 2.05) is 114 Å². The number of urea groups is 2. The number of aliphatic hydroxyl groups excluding tert-OH is 2. The third-order valence-electron chi connectivity index (χ3n) is 17.7. The molecule has 0 bridgehead atoms. The third-order valence-corrected chi connectivity index (χ3v) is 17.7. The van der Waals surface area contributed by atoms with Crippen LogP contribution in [0.15, 0.2) is 195 Å². The average Bonchev–Trinajstić information content (AvgIpc) is 0.829. The van der Waals surface area contributed by atoms with Crippen LogP contribution in [-0.4, -0.2) is 146 Å². The number of nitrogens with zero attached hydrogens (tertiary/aromatic N) is 4. The minimum Gasteiger partial charge on any atom is -0.508 e. The second-order valence-corrected chi connectivity index (χ2v) is 29.9. The minimum atomic E-state index is -0.340. The number of aliphatic hydroxyl groups is 2. The molecular weight excluding hydrogens is 1400 g/mol. The van der Waals surface area contributed by atoms with Gasteiger partial charge in [0.1, 0.15) is 72.6 Å². The third kappa shape index (κ3) is 28.4. The Labute approximate surface area is 649 Å². The normalized spacial score (nSPS) is 11.0. The fourth-order valence-electron chi connectivity index (χ4n) is 11.2. The van der Waals surface area contributed by atoms with Crippen LogP contribution in [-0.2, 0) is 38.7 Å². The molecule has 20 heteroatoms. The van der Waals surface area contributed by atoms with Crippen LogP contribution in [0.4, 0.5) is 29.7 Å². The van der Waals surface area contributed by atoms with Gasteiger partial charge in [-0.25, -0.2) is 18.4 Å². The lowest BCUT2D eigenvalue weighted by Gasteiger charge is -2.24. The molecule has 0 aromatic heterocycles. The number of nitrogens with one attached hydrogen (secondary N) is 2. The maximum absolute atomic E-state index is 13.6. The summed E-state index contributed by atoms with van der Waals surface area (Å²) in [5.74, 6) is 2.44. The quantitative estimate of drug-likeness (QED) is 0.0266. The van der Waals surface area contributed by atoms with E-state index in [9.17, 15) is 47.8 Å². The number of rotatable bonds is 28. The van der Waals surface area contributed by atoms with Crippen molar-refractivity contribution in [3.05, 3.63) is 262 Å². The van der Waals surface area contributed by atoms with Gasteiger partial charge < -0.3 is 59.4 Å². The summed E-state index contributed by atoms with van der Waals surface area (Å²) in [6.07, 6.45) is 0.796. The highest BCUT2D eigenvalue weighted by Crippen LogP contribution is 2.35. The summed E-state index contributed by atoms with van der Waals surface area (Å²) in [4.78, 5) is 79.8. The first-order valence-electron chi connectivity index (χ1n) is 36.8. The van der Waals surface area contributed by atoms with Crippen molar-refractivity contribution < 1.29 is 66.7 Å². The smallest absolute Gasteiger partial charge is 0.321 e. The van der Waals surface area contributed by atoms with Crippen molar-refractivity contribution in [2.45, 2.75) is 131 Å². The molecule has 0 aliphatic rings. The van der Waals surface area contributed by atoms with Crippen molar-refractivity contribution in [3.8, 4) is 23.0 Å². The Hall–Kier alpha value is -11.3. The van der Waals surface area contributed by atoms with E-state index in [1.165, 1.54) is 41.0 Å². The topological polar surface area (TPSA) is 217 Å². The highest BCUT2D eigenvalue weighted by Gasteiger charge is 2.25. The van der Waals surface area contributed by atoms with Crippen LogP contribution in [0, 0.1) is 11.6 Å². The van der Waals surface area contributed by atoms with Gasteiger partial charge in [-0.2, -0.15) is 0 Å². The van der Waals surface area contributed by atoms with E-state index in [0.29, 0.717) is 96.9 Å². The largest absolute Gasteiger partial charge is 0.508 e. The van der Waals surface area contributed by atoms with Gasteiger partial charge in [-0.3, -0.25) is 19.2 Å². The molecule has 8 aromatic rings. The first-order valence-corrected chi connectivity index (χ1v) is 36.8. The number of para-hydroxylation sites is 4. The zero-order chi connectivity index (χ0) is 81.6. The molecule has 110 heavy (non-hydrogen) atoms. The highest BCUT2D eigenvalue weighted by molar-refractivity contribution is 6.05. The van der Waals surface area contributed by atoms with E-state index in [-0.39, 0.29) is 101 Å². The Balaban J connectivity index is 0.000000263. The van der Waals surface area contributed by atoms with Gasteiger partial charge in [0, 0.05) is 68.0 Å². The summed E-state index contributed by atoms with van der Waals surface area (Å²) in [5.41, 5.74) is 7.98. The minimum absolute atomic E-state index is 0.00524. The van der Waals surface area contributed by atoms with Gasteiger partial charge in [-0.15, -0.1) is 0 Å². The monoisotopic (exact) mass is 1510 g/mol. The molecule has 0 spiro atoms. The maximum atomic E-state index is 13.6. The Morgan fingerprint density at radius 1 is 0.427 bits per heavy atom. The van der Waals surface area contributed by atoms with Gasteiger partial charge in [0.2, 0.25) is 11.8 Å². The van der Waals surface area contributed by atoms with Crippen LogP contribution >= 0.6 is 0 Å². The molecule has 0 radical (unpaired) electrons. The Morgan fingerprint density at radius 3 is 1.15 bits per heavy atom. The van der Waals surface area contributed by atoms with Crippen LogP contribution in [0.3, 0.4) is 0 Å². The van der Waals surface area contributed by atoms with Crippen molar-refractivity contribution in [1.82, 2.24) is 19.6 Å². The van der Waals surface area contributed by atoms with Gasteiger partial charge in [0.15, 0.2) is 11.6 Å². The number of benzene rings is 8. The van der Waals surface area contributed by atoms with Crippen LogP contribution < -0.4 is 29.6 Å². The standard InChI is InChI=1S/C23H29FN2O3.C23H29NO3.C22H27FN2O3.C22H27NO3/c1-6-20(27)17-9-7-8-10-19(17)25-22(28)26(5)13-14-29-21-12-11-16(24)15-18(21)23(2,3)4;1-17(25)19-11-7-6-10-18(19)16-22(26)24(5)14-15-27-21-13-9-8-12-20(21)23(2,3)4;1-15(26)17-8-6-7-9-19(17)24-21(27)25(5)12-13-28-20-11-10-16(23)14-18(20)22(2,3)4;1-16(2)19-10-7-8-12-21(19)26-14-13-23(4)22(25)15-18-9-5-6-11-20(18)17(3)24/h7-12,15H,6,13-14H2,1-5H3,(H,25,28);6-13,25H,1,14-16H2,2-5H3;6-11,14H,12-13H2,1-5H3,(H,24,27);5-12,16,24H,3,13-15H2,1-2,4H3. The number of hydrogen-bond acceptors (Lipinski definition) is 12. The molecule has 0 fully saturated rings. The number of hydrogen-bond donors (Lipinski definition) is 4. The first kappa shape index (κ1) is 89.3. The predicted molar refractivity (Wildman–Crippen MR) is 438 cm³/mol. The zero-order valence-corrected chi connectivity index (χ0v) is 67.1.